The maximum absolute atomic E-state index is 12.3. The summed E-state index contributed by atoms with van der Waals surface area (Å²) in [4.78, 5) is 16.5. The van der Waals surface area contributed by atoms with Gasteiger partial charge in [-0.2, -0.15) is 4.98 Å². The van der Waals surface area contributed by atoms with Crippen LogP contribution in [0.4, 0.5) is 5.69 Å². The van der Waals surface area contributed by atoms with Crippen molar-refractivity contribution in [2.75, 3.05) is 20.0 Å². The van der Waals surface area contributed by atoms with E-state index in [9.17, 15) is 4.79 Å². The number of benzene rings is 2. The molecule has 0 saturated carbocycles. The minimum atomic E-state index is -0.661. The highest BCUT2D eigenvalue weighted by atomic mass is 35.5. The molecule has 0 amide bonds. The van der Waals surface area contributed by atoms with Gasteiger partial charge in [-0.1, -0.05) is 28.9 Å². The highest BCUT2D eigenvalue weighted by molar-refractivity contribution is 6.33. The molecule has 0 unspecified atom stereocenters. The van der Waals surface area contributed by atoms with E-state index in [-0.39, 0.29) is 28.8 Å². The highest BCUT2D eigenvalue weighted by Gasteiger charge is 2.19. The topological polar surface area (TPSA) is 110 Å². The number of carbonyl (C=O) groups excluding carboxylic acids is 1. The summed E-state index contributed by atoms with van der Waals surface area (Å²) < 4.78 is 20.7. The van der Waals surface area contributed by atoms with Gasteiger partial charge in [-0.25, -0.2) is 4.79 Å². The monoisotopic (exact) mass is 389 g/mol. The van der Waals surface area contributed by atoms with E-state index in [0.29, 0.717) is 22.8 Å². The van der Waals surface area contributed by atoms with E-state index in [1.165, 1.54) is 19.2 Å². The van der Waals surface area contributed by atoms with Gasteiger partial charge in [0.05, 0.1) is 30.5 Å². The number of hydrogen-bond donors (Lipinski definition) is 1. The number of carbonyl (C=O) groups is 1. The molecule has 1 heterocycles. The molecule has 0 saturated heterocycles. The number of ether oxygens (including phenoxy) is 3. The molecule has 0 aliphatic heterocycles. The second-order valence-corrected chi connectivity index (χ2v) is 5.77. The Bertz CT molecular complexity index is 973. The number of nitrogen functional groups attached to an aromatic ring is 1. The lowest BCUT2D eigenvalue weighted by molar-refractivity contribution is 0.0426. The number of rotatable bonds is 6. The van der Waals surface area contributed by atoms with Crippen molar-refractivity contribution in [3.8, 4) is 22.9 Å². The summed E-state index contributed by atoms with van der Waals surface area (Å²) in [6.45, 7) is -0.216. The van der Waals surface area contributed by atoms with E-state index in [4.69, 9.17) is 36.1 Å². The molecule has 9 heteroatoms. The summed E-state index contributed by atoms with van der Waals surface area (Å²) in [6.07, 6.45) is 0. The van der Waals surface area contributed by atoms with E-state index in [2.05, 4.69) is 10.1 Å². The van der Waals surface area contributed by atoms with Gasteiger partial charge in [-0.05, 0) is 18.2 Å². The van der Waals surface area contributed by atoms with Gasteiger partial charge in [0.1, 0.15) is 17.1 Å². The van der Waals surface area contributed by atoms with Gasteiger partial charge in [-0.3, -0.25) is 0 Å². The number of halogens is 1. The Balaban J connectivity index is 1.74. The molecule has 27 heavy (non-hydrogen) atoms. The van der Waals surface area contributed by atoms with Crippen LogP contribution in [0.15, 0.2) is 40.9 Å². The second kappa shape index (κ2) is 7.96. The smallest absolute Gasteiger partial charge is 0.342 e. The average Bonchev–Trinajstić information content (AvgIpc) is 3.16. The zero-order chi connectivity index (χ0) is 19.4. The highest BCUT2D eigenvalue weighted by Crippen LogP contribution is 2.30. The first-order valence-electron chi connectivity index (χ1n) is 7.79. The lowest BCUT2D eigenvalue weighted by Gasteiger charge is -2.09. The molecule has 2 N–H and O–H groups in total. The van der Waals surface area contributed by atoms with Crippen molar-refractivity contribution >= 4 is 23.3 Å². The molecule has 1 aromatic heterocycles. The number of methoxy groups -OCH3 is 2. The van der Waals surface area contributed by atoms with Crippen molar-refractivity contribution in [1.29, 1.82) is 0 Å². The molecule has 140 valence electrons. The zero-order valence-corrected chi connectivity index (χ0v) is 15.3. The first-order chi connectivity index (χ1) is 13.0. The third kappa shape index (κ3) is 3.95. The van der Waals surface area contributed by atoms with E-state index in [1.807, 2.05) is 12.1 Å². The number of esters is 1. The maximum atomic E-state index is 12.3. The molecule has 3 aromatic rings. The predicted molar refractivity (Wildman–Crippen MR) is 97.8 cm³/mol. The number of nitrogens with zero attached hydrogens (tertiary/aromatic N) is 2. The van der Waals surface area contributed by atoms with Crippen molar-refractivity contribution in [2.45, 2.75) is 6.61 Å². The van der Waals surface area contributed by atoms with Crippen LogP contribution < -0.4 is 15.2 Å². The van der Waals surface area contributed by atoms with Gasteiger partial charge < -0.3 is 24.5 Å². The Morgan fingerprint density at radius 1 is 1.19 bits per heavy atom. The van der Waals surface area contributed by atoms with Gasteiger partial charge >= 0.3 is 5.97 Å². The van der Waals surface area contributed by atoms with Gasteiger partial charge in [0.2, 0.25) is 5.82 Å². The van der Waals surface area contributed by atoms with Crippen LogP contribution in [-0.2, 0) is 11.3 Å². The minimum Gasteiger partial charge on any atom is -0.496 e. The van der Waals surface area contributed by atoms with E-state index >= 15 is 0 Å². The quantitative estimate of drug-likeness (QED) is 0.504. The van der Waals surface area contributed by atoms with Gasteiger partial charge in [0.15, 0.2) is 6.61 Å². The normalized spacial score (nSPS) is 10.5. The number of anilines is 1. The molecule has 0 radical (unpaired) electrons. The Kier molecular flexibility index (Phi) is 5.46. The van der Waals surface area contributed by atoms with Gasteiger partial charge in [-0.15, -0.1) is 0 Å². The summed E-state index contributed by atoms with van der Waals surface area (Å²) in [5.74, 6) is 0.646. The number of para-hydroxylation sites is 1. The van der Waals surface area contributed by atoms with Crippen molar-refractivity contribution in [1.82, 2.24) is 10.1 Å². The zero-order valence-electron chi connectivity index (χ0n) is 14.6. The molecule has 3 rings (SSSR count). The van der Waals surface area contributed by atoms with Gasteiger partial charge in [0, 0.05) is 6.07 Å². The van der Waals surface area contributed by atoms with Crippen LogP contribution in [0.5, 0.6) is 11.5 Å². The molecular formula is C18H16ClN3O5. The Labute approximate surface area is 159 Å². The standard InChI is InChI=1S/C18H16ClN3O5/c1-24-14-6-4-3-5-10(14)17-21-16(27-22-17)9-26-18(23)11-7-12(19)13(20)8-15(11)25-2/h3-8H,9,20H2,1-2H3. The third-order valence-corrected chi connectivity index (χ3v) is 4.01. The molecule has 0 fully saturated rings. The van der Waals surface area contributed by atoms with Gasteiger partial charge in [0.25, 0.3) is 5.89 Å². The van der Waals surface area contributed by atoms with Crippen molar-refractivity contribution in [3.63, 3.8) is 0 Å². The van der Waals surface area contributed by atoms with Crippen molar-refractivity contribution in [3.05, 3.63) is 52.9 Å². The van der Waals surface area contributed by atoms with E-state index in [0.717, 1.165) is 0 Å². The van der Waals surface area contributed by atoms with E-state index < -0.39 is 5.97 Å². The fraction of sp³-hybridized carbons (Fsp3) is 0.167. The first-order valence-corrected chi connectivity index (χ1v) is 8.17. The predicted octanol–water partition coefficient (Wildman–Crippen LogP) is 3.35. The molecule has 0 spiro atoms. The number of hydrogen-bond acceptors (Lipinski definition) is 8. The van der Waals surface area contributed by atoms with Crippen molar-refractivity contribution < 1.29 is 23.5 Å². The summed E-state index contributed by atoms with van der Waals surface area (Å²) >= 11 is 5.96. The molecule has 0 atom stereocenters. The van der Waals surface area contributed by atoms with E-state index in [1.54, 1.807) is 19.2 Å². The Morgan fingerprint density at radius 3 is 2.67 bits per heavy atom. The summed E-state index contributed by atoms with van der Waals surface area (Å²) in [7, 11) is 2.96. The molecule has 0 aliphatic rings. The minimum absolute atomic E-state index is 0.129. The van der Waals surface area contributed by atoms with Crippen LogP contribution >= 0.6 is 11.6 Å². The Morgan fingerprint density at radius 2 is 1.93 bits per heavy atom. The fourth-order valence-corrected chi connectivity index (χ4v) is 2.52. The molecule has 2 aromatic carbocycles. The summed E-state index contributed by atoms with van der Waals surface area (Å²) in [6, 6.07) is 10.1. The van der Waals surface area contributed by atoms with Crippen LogP contribution in [-0.4, -0.2) is 30.3 Å². The second-order valence-electron chi connectivity index (χ2n) is 5.36. The lowest BCUT2D eigenvalue weighted by atomic mass is 10.2. The fourth-order valence-electron chi connectivity index (χ4n) is 2.35. The SMILES string of the molecule is COc1cc(N)c(Cl)cc1C(=O)OCc1nc(-c2ccccc2OC)no1. The third-order valence-electron chi connectivity index (χ3n) is 3.68. The van der Waals surface area contributed by atoms with Crippen LogP contribution in [0.2, 0.25) is 5.02 Å². The van der Waals surface area contributed by atoms with Crippen molar-refractivity contribution in [2.24, 2.45) is 0 Å². The average molecular weight is 390 g/mol. The van der Waals surface area contributed by atoms with Crippen LogP contribution in [0, 0.1) is 0 Å². The largest absolute Gasteiger partial charge is 0.496 e. The molecule has 0 aliphatic carbocycles. The Hall–Kier alpha value is -3.26. The number of nitrogens with two attached hydrogens (primary N) is 1. The molecular weight excluding hydrogens is 374 g/mol. The van der Waals surface area contributed by atoms with Crippen LogP contribution in [0.1, 0.15) is 16.2 Å². The summed E-state index contributed by atoms with van der Waals surface area (Å²) in [5, 5.41) is 4.11. The van der Waals surface area contributed by atoms with Crippen LogP contribution in [0.25, 0.3) is 11.4 Å². The maximum Gasteiger partial charge on any atom is 0.342 e. The first kappa shape index (κ1) is 18.5. The number of aromatic nitrogens is 2. The molecule has 0 bridgehead atoms. The summed E-state index contributed by atoms with van der Waals surface area (Å²) in [5.41, 5.74) is 6.80. The van der Waals surface area contributed by atoms with Crippen LogP contribution in [0.3, 0.4) is 0 Å². The lowest BCUT2D eigenvalue weighted by Crippen LogP contribution is -2.08. The molecule has 8 nitrogen and oxygen atoms in total.